The smallest absolute Gasteiger partial charge is 0.279 e. The minimum Gasteiger partial charge on any atom is -0.314 e. The molecule has 0 aromatic carbocycles. The second kappa shape index (κ2) is 6.52. The van der Waals surface area contributed by atoms with E-state index in [9.17, 15) is 8.42 Å². The summed E-state index contributed by atoms with van der Waals surface area (Å²) in [6.07, 6.45) is 8.01. The highest BCUT2D eigenvalue weighted by Gasteiger charge is 2.41. The van der Waals surface area contributed by atoms with E-state index in [1.807, 2.05) is 0 Å². The van der Waals surface area contributed by atoms with Crippen molar-refractivity contribution < 1.29 is 8.42 Å². The molecular formula is C15H29N3O2S. The summed E-state index contributed by atoms with van der Waals surface area (Å²) < 4.78 is 29.5. The highest BCUT2D eigenvalue weighted by molar-refractivity contribution is 7.87. The fraction of sp³-hybridized carbons (Fsp3) is 1.00. The summed E-state index contributed by atoms with van der Waals surface area (Å²) in [5, 5.41) is 3.53. The maximum Gasteiger partial charge on any atom is 0.279 e. The quantitative estimate of drug-likeness (QED) is 0.713. The minimum absolute atomic E-state index is 0.194. The Balaban J connectivity index is 1.47. The Morgan fingerprint density at radius 2 is 2.05 bits per heavy atom. The van der Waals surface area contributed by atoms with Crippen molar-refractivity contribution in [1.82, 2.24) is 14.3 Å². The van der Waals surface area contributed by atoms with E-state index in [4.69, 9.17) is 0 Å². The zero-order valence-corrected chi connectivity index (χ0v) is 13.9. The van der Waals surface area contributed by atoms with E-state index in [0.29, 0.717) is 31.0 Å². The third kappa shape index (κ3) is 4.41. The second-order valence-electron chi connectivity index (χ2n) is 7.06. The van der Waals surface area contributed by atoms with Gasteiger partial charge in [-0.05, 0) is 56.9 Å². The van der Waals surface area contributed by atoms with E-state index in [2.05, 4.69) is 17.0 Å². The molecule has 3 atom stereocenters. The van der Waals surface area contributed by atoms with Crippen LogP contribution in [0, 0.1) is 11.8 Å². The van der Waals surface area contributed by atoms with Gasteiger partial charge in [0, 0.05) is 25.2 Å². The molecule has 2 N–H and O–H groups in total. The summed E-state index contributed by atoms with van der Waals surface area (Å²) >= 11 is 0. The Kier molecular flexibility index (Phi) is 4.88. The van der Waals surface area contributed by atoms with Gasteiger partial charge in [0.1, 0.15) is 0 Å². The summed E-state index contributed by atoms with van der Waals surface area (Å²) in [5.41, 5.74) is 0. The Morgan fingerprint density at radius 3 is 2.76 bits per heavy atom. The molecule has 21 heavy (non-hydrogen) atoms. The summed E-state index contributed by atoms with van der Waals surface area (Å²) in [6.45, 7) is 4.49. The van der Waals surface area contributed by atoms with Gasteiger partial charge < -0.3 is 5.32 Å². The fourth-order valence-electron chi connectivity index (χ4n) is 3.38. The topological polar surface area (TPSA) is 61.4 Å². The predicted molar refractivity (Wildman–Crippen MR) is 84.2 cm³/mol. The van der Waals surface area contributed by atoms with Gasteiger partial charge in [-0.15, -0.1) is 0 Å². The Bertz CT molecular complexity index is 450. The van der Waals surface area contributed by atoms with Crippen LogP contribution in [-0.4, -0.2) is 44.4 Å². The van der Waals surface area contributed by atoms with Crippen LogP contribution < -0.4 is 10.0 Å². The van der Waals surface area contributed by atoms with Crippen LogP contribution in [0.4, 0.5) is 0 Å². The van der Waals surface area contributed by atoms with Gasteiger partial charge >= 0.3 is 0 Å². The molecule has 0 spiro atoms. The molecule has 0 bridgehead atoms. The van der Waals surface area contributed by atoms with Gasteiger partial charge in [-0.2, -0.15) is 17.4 Å². The van der Waals surface area contributed by atoms with E-state index >= 15 is 0 Å². The third-order valence-electron chi connectivity index (χ3n) is 4.98. The van der Waals surface area contributed by atoms with Crippen LogP contribution in [0.25, 0.3) is 0 Å². The normalized spacial score (nSPS) is 34.0. The summed E-state index contributed by atoms with van der Waals surface area (Å²) in [6, 6.07) is 0.899. The van der Waals surface area contributed by atoms with Crippen molar-refractivity contribution in [3.63, 3.8) is 0 Å². The van der Waals surface area contributed by atoms with E-state index in [-0.39, 0.29) is 6.04 Å². The molecule has 1 heterocycles. The second-order valence-corrected chi connectivity index (χ2v) is 8.76. The number of rotatable bonds is 8. The molecule has 3 unspecified atom stereocenters. The lowest BCUT2D eigenvalue weighted by molar-refractivity contribution is 0.257. The van der Waals surface area contributed by atoms with Crippen molar-refractivity contribution in [3.05, 3.63) is 0 Å². The Morgan fingerprint density at radius 1 is 1.24 bits per heavy atom. The van der Waals surface area contributed by atoms with E-state index < -0.39 is 10.2 Å². The SMILES string of the molecule is CCCC1CC1NS(=O)(=O)N1CCCC(CNC2CC2)C1. The lowest BCUT2D eigenvalue weighted by Gasteiger charge is -2.32. The first kappa shape index (κ1) is 15.7. The first-order valence-corrected chi connectivity index (χ1v) is 10.0. The van der Waals surface area contributed by atoms with Gasteiger partial charge in [0.2, 0.25) is 0 Å². The average molecular weight is 315 g/mol. The van der Waals surface area contributed by atoms with Crippen molar-refractivity contribution in [2.45, 2.75) is 64.0 Å². The lowest BCUT2D eigenvalue weighted by atomic mass is 10.00. The fourth-order valence-corrected chi connectivity index (χ4v) is 4.98. The molecule has 0 aromatic heterocycles. The minimum atomic E-state index is -3.27. The van der Waals surface area contributed by atoms with Crippen LogP contribution in [-0.2, 0) is 10.2 Å². The monoisotopic (exact) mass is 315 g/mol. The van der Waals surface area contributed by atoms with Gasteiger partial charge in [-0.3, -0.25) is 0 Å². The number of nitrogens with one attached hydrogen (secondary N) is 2. The largest absolute Gasteiger partial charge is 0.314 e. The highest BCUT2D eigenvalue weighted by atomic mass is 32.2. The zero-order chi connectivity index (χ0) is 14.9. The van der Waals surface area contributed by atoms with Crippen molar-refractivity contribution in [2.75, 3.05) is 19.6 Å². The van der Waals surface area contributed by atoms with Crippen molar-refractivity contribution in [3.8, 4) is 0 Å². The van der Waals surface area contributed by atoms with Crippen LogP contribution in [0.2, 0.25) is 0 Å². The Labute approximate surface area is 129 Å². The molecule has 1 aliphatic heterocycles. The molecule has 3 aliphatic rings. The van der Waals surface area contributed by atoms with Gasteiger partial charge in [-0.1, -0.05) is 13.3 Å². The molecule has 2 aliphatic carbocycles. The number of piperidine rings is 1. The predicted octanol–water partition coefficient (Wildman–Crippen LogP) is 1.47. The number of hydrogen-bond donors (Lipinski definition) is 2. The molecule has 3 rings (SSSR count). The van der Waals surface area contributed by atoms with Crippen molar-refractivity contribution >= 4 is 10.2 Å². The molecule has 5 nitrogen and oxygen atoms in total. The van der Waals surface area contributed by atoms with Crippen LogP contribution in [0.15, 0.2) is 0 Å². The van der Waals surface area contributed by atoms with Crippen LogP contribution in [0.3, 0.4) is 0 Å². The average Bonchev–Trinajstić information content (AvgIpc) is 3.35. The van der Waals surface area contributed by atoms with Gasteiger partial charge in [-0.25, -0.2) is 0 Å². The van der Waals surface area contributed by atoms with E-state index in [1.54, 1.807) is 4.31 Å². The van der Waals surface area contributed by atoms with Crippen molar-refractivity contribution in [2.24, 2.45) is 11.8 Å². The molecule has 3 fully saturated rings. The molecule has 1 saturated heterocycles. The first-order chi connectivity index (χ1) is 10.1. The maximum atomic E-state index is 12.5. The van der Waals surface area contributed by atoms with Crippen LogP contribution in [0.1, 0.15) is 51.9 Å². The van der Waals surface area contributed by atoms with E-state index in [0.717, 1.165) is 38.6 Å². The van der Waals surface area contributed by atoms with Crippen LogP contribution >= 0.6 is 0 Å². The molecule has 0 amide bonds. The Hall–Kier alpha value is -0.170. The number of hydrogen-bond acceptors (Lipinski definition) is 3. The maximum absolute atomic E-state index is 12.5. The lowest BCUT2D eigenvalue weighted by Crippen LogP contribution is -2.48. The number of nitrogens with zero attached hydrogens (tertiary/aromatic N) is 1. The van der Waals surface area contributed by atoms with Gasteiger partial charge in [0.15, 0.2) is 0 Å². The molecule has 0 radical (unpaired) electrons. The third-order valence-corrected chi connectivity index (χ3v) is 6.59. The first-order valence-electron chi connectivity index (χ1n) is 8.59. The van der Waals surface area contributed by atoms with Crippen molar-refractivity contribution in [1.29, 1.82) is 0 Å². The molecule has 0 aromatic rings. The van der Waals surface area contributed by atoms with Crippen LogP contribution in [0.5, 0.6) is 0 Å². The summed E-state index contributed by atoms with van der Waals surface area (Å²) in [4.78, 5) is 0. The highest BCUT2D eigenvalue weighted by Crippen LogP contribution is 2.35. The standard InChI is InChI=1S/C15H29N3O2S/c1-2-4-13-9-15(13)17-21(19,20)18-8-3-5-12(11-18)10-16-14-6-7-14/h12-17H,2-11H2,1H3. The molecular weight excluding hydrogens is 286 g/mol. The molecule has 122 valence electrons. The van der Waals surface area contributed by atoms with E-state index in [1.165, 1.54) is 12.8 Å². The molecule has 6 heteroatoms. The summed E-state index contributed by atoms with van der Waals surface area (Å²) in [5.74, 6) is 1.04. The van der Waals surface area contributed by atoms with Gasteiger partial charge in [0.05, 0.1) is 0 Å². The summed E-state index contributed by atoms with van der Waals surface area (Å²) in [7, 11) is -3.27. The van der Waals surface area contributed by atoms with Gasteiger partial charge in [0.25, 0.3) is 10.2 Å². The zero-order valence-electron chi connectivity index (χ0n) is 13.1. The molecule has 2 saturated carbocycles.